The molecule has 1 heterocycles. The Morgan fingerprint density at radius 3 is 2.78 bits per heavy atom. The Labute approximate surface area is 109 Å². The number of aryl methyl sites for hydroxylation is 1. The molecule has 0 bridgehead atoms. The van der Waals surface area contributed by atoms with Crippen molar-refractivity contribution in [2.24, 2.45) is 0 Å². The zero-order valence-electron chi connectivity index (χ0n) is 9.64. The molecule has 2 N–H and O–H groups in total. The van der Waals surface area contributed by atoms with E-state index in [1.165, 1.54) is 0 Å². The normalized spacial score (nSPS) is 9.89. The minimum Gasteiger partial charge on any atom is -0.280 e. The Morgan fingerprint density at radius 2 is 2.06 bits per heavy atom. The van der Waals surface area contributed by atoms with E-state index in [4.69, 9.17) is 11.6 Å². The number of nitrogens with one attached hydrogen (secondary N) is 2. The van der Waals surface area contributed by atoms with Crippen LogP contribution in [0.2, 0.25) is 5.02 Å². The van der Waals surface area contributed by atoms with Crippen molar-refractivity contribution in [3.05, 3.63) is 52.9 Å². The van der Waals surface area contributed by atoms with Gasteiger partial charge in [0, 0.05) is 23.0 Å². The quantitative estimate of drug-likeness (QED) is 0.832. The molecule has 0 spiro atoms. The van der Waals surface area contributed by atoms with Crippen LogP contribution in [0.4, 0.5) is 5.82 Å². The summed E-state index contributed by atoms with van der Waals surface area (Å²) in [5, 5.41) is 0.512. The van der Waals surface area contributed by atoms with Gasteiger partial charge in [0.1, 0.15) is 0 Å². The second kappa shape index (κ2) is 5.46. The average Bonchev–Trinajstić information content (AvgIpc) is 2.37. The summed E-state index contributed by atoms with van der Waals surface area (Å²) in [5.41, 5.74) is 6.41. The van der Waals surface area contributed by atoms with Crippen molar-refractivity contribution in [1.82, 2.24) is 15.4 Å². The maximum Gasteiger partial charge on any atom is 0.269 e. The first-order valence-electron chi connectivity index (χ1n) is 5.26. The van der Waals surface area contributed by atoms with Crippen LogP contribution in [-0.4, -0.2) is 15.9 Å². The number of hydrazine groups is 1. The molecule has 0 unspecified atom stereocenters. The standard InChI is InChI=1S/C12H11ClN4O/c1-8-11(15-6-5-14-8)16-17-12(18)9-3-2-4-10(13)7-9/h2-7H,1H3,(H,15,16)(H,17,18). The summed E-state index contributed by atoms with van der Waals surface area (Å²) in [7, 11) is 0. The summed E-state index contributed by atoms with van der Waals surface area (Å²) < 4.78 is 0. The molecule has 0 saturated heterocycles. The highest BCUT2D eigenvalue weighted by Crippen LogP contribution is 2.10. The van der Waals surface area contributed by atoms with Gasteiger partial charge in [0.05, 0.1) is 5.69 Å². The maximum absolute atomic E-state index is 11.8. The lowest BCUT2D eigenvalue weighted by molar-refractivity contribution is 0.0962. The molecule has 1 aromatic heterocycles. The summed E-state index contributed by atoms with van der Waals surface area (Å²) in [5.74, 6) is 0.218. The number of benzene rings is 1. The molecule has 0 saturated carbocycles. The molecule has 1 aromatic carbocycles. The van der Waals surface area contributed by atoms with Crippen LogP contribution in [0.5, 0.6) is 0 Å². The van der Waals surface area contributed by atoms with Gasteiger partial charge in [0.25, 0.3) is 5.91 Å². The number of hydrogen-bond acceptors (Lipinski definition) is 4. The van der Waals surface area contributed by atoms with Gasteiger partial charge in [-0.3, -0.25) is 20.6 Å². The smallest absolute Gasteiger partial charge is 0.269 e. The van der Waals surface area contributed by atoms with E-state index in [1.807, 2.05) is 0 Å². The minimum atomic E-state index is -0.289. The van der Waals surface area contributed by atoms with E-state index in [0.717, 1.165) is 0 Å². The maximum atomic E-state index is 11.8. The molecule has 0 aliphatic carbocycles. The fourth-order valence-electron chi connectivity index (χ4n) is 1.35. The van der Waals surface area contributed by atoms with Crippen LogP contribution in [-0.2, 0) is 0 Å². The molecule has 18 heavy (non-hydrogen) atoms. The Hall–Kier alpha value is -2.14. The van der Waals surface area contributed by atoms with Gasteiger partial charge >= 0.3 is 0 Å². The largest absolute Gasteiger partial charge is 0.280 e. The molecule has 1 amide bonds. The van der Waals surface area contributed by atoms with Crippen molar-refractivity contribution in [3.8, 4) is 0 Å². The summed E-state index contributed by atoms with van der Waals surface area (Å²) >= 11 is 5.81. The topological polar surface area (TPSA) is 66.9 Å². The number of carbonyl (C=O) groups excluding carboxylic acids is 1. The Morgan fingerprint density at radius 1 is 1.28 bits per heavy atom. The van der Waals surface area contributed by atoms with E-state index in [0.29, 0.717) is 22.1 Å². The van der Waals surface area contributed by atoms with Gasteiger partial charge in [-0.05, 0) is 25.1 Å². The van der Waals surface area contributed by atoms with Crippen LogP contribution in [0.15, 0.2) is 36.7 Å². The molecule has 0 radical (unpaired) electrons. The van der Waals surface area contributed by atoms with Crippen LogP contribution in [0, 0.1) is 6.92 Å². The molecule has 0 fully saturated rings. The van der Waals surface area contributed by atoms with Crippen LogP contribution >= 0.6 is 11.6 Å². The average molecular weight is 263 g/mol. The molecule has 6 heteroatoms. The van der Waals surface area contributed by atoms with Crippen molar-refractivity contribution in [1.29, 1.82) is 0 Å². The van der Waals surface area contributed by atoms with Crippen molar-refractivity contribution in [3.63, 3.8) is 0 Å². The zero-order valence-corrected chi connectivity index (χ0v) is 10.4. The predicted molar refractivity (Wildman–Crippen MR) is 69.3 cm³/mol. The predicted octanol–water partition coefficient (Wildman–Crippen LogP) is 2.20. The van der Waals surface area contributed by atoms with E-state index < -0.39 is 0 Å². The Kier molecular flexibility index (Phi) is 3.74. The van der Waals surface area contributed by atoms with Crippen LogP contribution in [0.3, 0.4) is 0 Å². The fraction of sp³-hybridized carbons (Fsp3) is 0.0833. The lowest BCUT2D eigenvalue weighted by atomic mass is 10.2. The van der Waals surface area contributed by atoms with E-state index in [1.54, 1.807) is 43.6 Å². The molecule has 2 rings (SSSR count). The van der Waals surface area contributed by atoms with Crippen LogP contribution in [0.1, 0.15) is 16.1 Å². The number of amides is 1. The van der Waals surface area contributed by atoms with Gasteiger partial charge in [0.15, 0.2) is 5.82 Å². The van der Waals surface area contributed by atoms with E-state index in [2.05, 4.69) is 20.8 Å². The first-order chi connectivity index (χ1) is 8.66. The summed E-state index contributed by atoms with van der Waals surface area (Å²) in [4.78, 5) is 19.9. The Balaban J connectivity index is 2.03. The third kappa shape index (κ3) is 2.95. The van der Waals surface area contributed by atoms with Gasteiger partial charge in [-0.15, -0.1) is 0 Å². The molecular weight excluding hydrogens is 252 g/mol. The van der Waals surface area contributed by atoms with Gasteiger partial charge in [-0.2, -0.15) is 0 Å². The second-order valence-corrected chi connectivity index (χ2v) is 4.02. The number of anilines is 1. The first-order valence-corrected chi connectivity index (χ1v) is 5.64. The molecule has 5 nitrogen and oxygen atoms in total. The second-order valence-electron chi connectivity index (χ2n) is 3.58. The third-order valence-corrected chi connectivity index (χ3v) is 2.50. The van der Waals surface area contributed by atoms with Crippen LogP contribution < -0.4 is 10.9 Å². The SMILES string of the molecule is Cc1nccnc1NNC(=O)c1cccc(Cl)c1. The molecule has 0 aliphatic heterocycles. The molecule has 0 aliphatic rings. The monoisotopic (exact) mass is 262 g/mol. The van der Waals surface area contributed by atoms with Gasteiger partial charge in [0.2, 0.25) is 0 Å². The van der Waals surface area contributed by atoms with Crippen molar-refractivity contribution >= 4 is 23.3 Å². The Bertz CT molecular complexity index is 574. The molecular formula is C12H11ClN4O. The highest BCUT2D eigenvalue weighted by Gasteiger charge is 2.06. The highest BCUT2D eigenvalue weighted by molar-refractivity contribution is 6.30. The van der Waals surface area contributed by atoms with Gasteiger partial charge in [-0.1, -0.05) is 17.7 Å². The summed E-state index contributed by atoms with van der Waals surface area (Å²) in [6.07, 6.45) is 3.13. The summed E-state index contributed by atoms with van der Waals surface area (Å²) in [6, 6.07) is 6.68. The number of hydrogen-bond donors (Lipinski definition) is 2. The first kappa shape index (κ1) is 12.3. The number of aromatic nitrogens is 2. The lowest BCUT2D eigenvalue weighted by Crippen LogP contribution is -2.30. The van der Waals surface area contributed by atoms with E-state index >= 15 is 0 Å². The molecule has 0 atom stereocenters. The number of nitrogens with zero attached hydrogens (tertiary/aromatic N) is 2. The molecule has 92 valence electrons. The van der Waals surface area contributed by atoms with Crippen molar-refractivity contribution in [2.45, 2.75) is 6.92 Å². The van der Waals surface area contributed by atoms with Crippen LogP contribution in [0.25, 0.3) is 0 Å². The lowest BCUT2D eigenvalue weighted by Gasteiger charge is -2.09. The van der Waals surface area contributed by atoms with Crippen molar-refractivity contribution < 1.29 is 4.79 Å². The molecule has 2 aromatic rings. The van der Waals surface area contributed by atoms with Crippen molar-refractivity contribution in [2.75, 3.05) is 5.43 Å². The minimum absolute atomic E-state index is 0.289. The van der Waals surface area contributed by atoms with Gasteiger partial charge < -0.3 is 0 Å². The summed E-state index contributed by atoms with van der Waals surface area (Å²) in [6.45, 7) is 1.79. The number of carbonyl (C=O) groups is 1. The number of halogens is 1. The van der Waals surface area contributed by atoms with E-state index in [-0.39, 0.29) is 5.91 Å². The fourth-order valence-corrected chi connectivity index (χ4v) is 1.54. The van der Waals surface area contributed by atoms with E-state index in [9.17, 15) is 4.79 Å². The third-order valence-electron chi connectivity index (χ3n) is 2.26. The number of rotatable bonds is 3. The van der Waals surface area contributed by atoms with Gasteiger partial charge in [-0.25, -0.2) is 4.98 Å². The zero-order chi connectivity index (χ0) is 13.0. The highest BCUT2D eigenvalue weighted by atomic mass is 35.5.